The quantitative estimate of drug-likeness (QED) is 0.174. The highest BCUT2D eigenvalue weighted by Gasteiger charge is 2.18. The molecule has 1 heterocycles. The highest BCUT2D eigenvalue weighted by molar-refractivity contribution is 6.22. The summed E-state index contributed by atoms with van der Waals surface area (Å²) in [6, 6.07) is 11.7. The number of fused-ring (bicyclic) bond motifs is 7. The number of hydrogen-bond donors (Lipinski definition) is 0. The molecular weight excluding hydrogens is 593 g/mol. The van der Waals surface area contributed by atoms with E-state index in [1.54, 1.807) is 36.4 Å². The van der Waals surface area contributed by atoms with Crippen molar-refractivity contribution < 1.29 is 29.1 Å². The molecule has 0 atom stereocenters. The van der Waals surface area contributed by atoms with E-state index in [0.29, 0.717) is 38.2 Å². The first-order valence-electron chi connectivity index (χ1n) is 24.4. The third kappa shape index (κ3) is 4.47. The van der Waals surface area contributed by atoms with Crippen LogP contribution in [0.1, 0.15) is 24.7 Å². The van der Waals surface area contributed by atoms with Gasteiger partial charge in [-0.25, -0.2) is 0 Å². The molecule has 9 aromatic carbocycles. The molecule has 10 aromatic rings. The van der Waals surface area contributed by atoms with Gasteiger partial charge in [0.05, 0.1) is 24.7 Å². The van der Waals surface area contributed by atoms with Crippen LogP contribution in [0.25, 0.3) is 98.8 Å². The maximum Gasteiger partial charge on any atom is 0.143 e. The molecule has 0 fully saturated rings. The Balaban J connectivity index is 1.19. The molecule has 0 saturated carbocycles. The van der Waals surface area contributed by atoms with E-state index in [9.17, 15) is 4.11 Å². The number of hydrogen-bond acceptors (Lipinski definition) is 1. The Hall–Kier alpha value is -6.44. The summed E-state index contributed by atoms with van der Waals surface area (Å²) < 4.78 is 163. The number of benzene rings is 9. The van der Waals surface area contributed by atoms with Crippen molar-refractivity contribution in [2.45, 2.75) is 0 Å². The highest BCUT2D eigenvalue weighted by Crippen LogP contribution is 2.45. The van der Waals surface area contributed by atoms with E-state index in [0.717, 1.165) is 5.56 Å². The molecule has 49 heavy (non-hydrogen) atoms. The molecule has 0 radical (unpaired) electrons. The van der Waals surface area contributed by atoms with Gasteiger partial charge < -0.3 is 4.42 Å². The fourth-order valence-electron chi connectivity index (χ4n) is 6.50. The molecule has 1 heteroatoms. The monoisotopic (exact) mass is 640 g/mol. The van der Waals surface area contributed by atoms with Crippen LogP contribution in [0.2, 0.25) is 0 Å². The van der Waals surface area contributed by atoms with Gasteiger partial charge in [-0.15, -0.1) is 0 Å². The Bertz CT molecular complexity index is 3780. The first kappa shape index (κ1) is 15.2. The smallest absolute Gasteiger partial charge is 0.143 e. The lowest BCUT2D eigenvalue weighted by Crippen LogP contribution is -1.91. The minimum Gasteiger partial charge on any atom is -0.455 e. The summed E-state index contributed by atoms with van der Waals surface area (Å²) in [6.07, 6.45) is 0. The van der Waals surface area contributed by atoms with Crippen LogP contribution in [0.15, 0.2) is 186 Å². The van der Waals surface area contributed by atoms with Crippen molar-refractivity contribution in [3.05, 3.63) is 182 Å². The molecule has 0 bridgehead atoms. The van der Waals surface area contributed by atoms with Gasteiger partial charge >= 0.3 is 0 Å². The Morgan fingerprint density at radius 3 is 1.55 bits per heavy atom. The Labute approximate surface area is 309 Å². The Kier molecular flexibility index (Phi) is 3.43. The van der Waals surface area contributed by atoms with E-state index in [2.05, 4.69) is 0 Å². The first-order valence-corrected chi connectivity index (χ1v) is 15.4. The largest absolute Gasteiger partial charge is 0.455 e. The standard InChI is InChI=1S/C48H30O/c1-2-10-31(11-3-1)32-18-20-33(21-19-32)34-22-24-36(25-23-34)46-39-14-6-8-16-41(39)47(42-17-9-7-15-40(42)46)37-27-29-45-44(30-37)43-28-26-35-12-4-5-13-38(35)48(43)49-45/h1-30H/i1D,2D,3D,4D,5D,10D,11D,12D,13D,18D,19D,20D,21D,26D,27D,28D,29D,30D. The molecule has 0 saturated heterocycles. The van der Waals surface area contributed by atoms with E-state index in [1.807, 2.05) is 36.4 Å². The van der Waals surface area contributed by atoms with Crippen molar-refractivity contribution >= 4 is 54.3 Å². The minimum atomic E-state index is -0.669. The molecule has 0 aliphatic carbocycles. The zero-order valence-corrected chi connectivity index (χ0v) is 25.3. The summed E-state index contributed by atoms with van der Waals surface area (Å²) in [7, 11) is 0. The van der Waals surface area contributed by atoms with Gasteiger partial charge in [-0.1, -0.05) is 163 Å². The van der Waals surface area contributed by atoms with Crippen LogP contribution < -0.4 is 0 Å². The topological polar surface area (TPSA) is 13.1 Å². The number of rotatable bonds is 4. The second kappa shape index (κ2) is 11.1. The second-order valence-corrected chi connectivity index (χ2v) is 11.4. The molecule has 1 aromatic heterocycles. The molecule has 0 aliphatic rings. The molecule has 10 rings (SSSR count). The highest BCUT2D eigenvalue weighted by atomic mass is 16.3. The SMILES string of the molecule is [2H]c1c([2H])c([2H])c(-c2c([2H])c([2H])c(-c3ccc(-c4c5ccccc5c(-c5c([2H])c([2H])c6oc7c8c([2H])c([2H])c([2H])c([2H])c8c([2H])c([2H])c7c6c5[2H])c5ccccc45)cc3)c([2H])c2[2H])c([2H])c1[2H]. The summed E-state index contributed by atoms with van der Waals surface area (Å²) in [4.78, 5) is 0. The maximum atomic E-state index is 9.75. The van der Waals surface area contributed by atoms with Gasteiger partial charge in [0.25, 0.3) is 0 Å². The summed E-state index contributed by atoms with van der Waals surface area (Å²) in [6.45, 7) is 0. The van der Waals surface area contributed by atoms with Crippen LogP contribution in [0.5, 0.6) is 0 Å². The average Bonchev–Trinajstić information content (AvgIpc) is 3.73. The lowest BCUT2D eigenvalue weighted by Gasteiger charge is -2.18. The van der Waals surface area contributed by atoms with Crippen LogP contribution in [0.4, 0.5) is 0 Å². The second-order valence-electron chi connectivity index (χ2n) is 11.4. The van der Waals surface area contributed by atoms with Crippen molar-refractivity contribution in [3.63, 3.8) is 0 Å². The maximum absolute atomic E-state index is 9.75. The van der Waals surface area contributed by atoms with Crippen LogP contribution in [0.3, 0.4) is 0 Å². The lowest BCUT2D eigenvalue weighted by atomic mass is 9.85. The fourth-order valence-corrected chi connectivity index (χ4v) is 6.50. The lowest BCUT2D eigenvalue weighted by molar-refractivity contribution is 0.672. The minimum absolute atomic E-state index is 0.0332. The molecule has 0 spiro atoms. The van der Waals surface area contributed by atoms with Crippen LogP contribution >= 0.6 is 0 Å². The van der Waals surface area contributed by atoms with Gasteiger partial charge in [-0.05, 0) is 89.6 Å². The van der Waals surface area contributed by atoms with Crippen molar-refractivity contribution in [2.24, 2.45) is 0 Å². The Morgan fingerprint density at radius 1 is 0.347 bits per heavy atom. The molecule has 1 nitrogen and oxygen atoms in total. The zero-order valence-electron chi connectivity index (χ0n) is 43.3. The van der Waals surface area contributed by atoms with Crippen LogP contribution in [0, 0.1) is 0 Å². The fraction of sp³-hybridized carbons (Fsp3) is 0. The normalized spacial score (nSPS) is 16.8. The van der Waals surface area contributed by atoms with Gasteiger partial charge in [-0.2, -0.15) is 0 Å². The third-order valence-corrected chi connectivity index (χ3v) is 8.71. The van der Waals surface area contributed by atoms with E-state index < -0.39 is 108 Å². The van der Waals surface area contributed by atoms with E-state index in [4.69, 9.17) is 25.0 Å². The van der Waals surface area contributed by atoms with E-state index in [-0.39, 0.29) is 55.9 Å². The van der Waals surface area contributed by atoms with Crippen LogP contribution in [-0.4, -0.2) is 0 Å². The van der Waals surface area contributed by atoms with Crippen molar-refractivity contribution in [1.82, 2.24) is 0 Å². The predicted octanol–water partition coefficient (Wildman–Crippen LogP) is 13.7. The summed E-state index contributed by atoms with van der Waals surface area (Å²) in [5.41, 5.74) is 0.818. The van der Waals surface area contributed by atoms with Gasteiger partial charge in [0, 0.05) is 16.2 Å². The predicted molar refractivity (Wildman–Crippen MR) is 208 cm³/mol. The molecule has 0 unspecified atom stereocenters. The molecular formula is C48H30O. The first-order chi connectivity index (χ1) is 31.8. The van der Waals surface area contributed by atoms with E-state index >= 15 is 0 Å². The molecule has 0 amide bonds. The zero-order chi connectivity index (χ0) is 48.0. The van der Waals surface area contributed by atoms with E-state index in [1.165, 1.54) is 0 Å². The van der Waals surface area contributed by atoms with Crippen molar-refractivity contribution in [1.29, 1.82) is 0 Å². The third-order valence-electron chi connectivity index (χ3n) is 8.71. The molecule has 0 aliphatic heterocycles. The average molecular weight is 641 g/mol. The molecule has 228 valence electrons. The number of furan rings is 1. The summed E-state index contributed by atoms with van der Waals surface area (Å²) in [5.74, 6) is 0. The van der Waals surface area contributed by atoms with Crippen molar-refractivity contribution in [3.8, 4) is 44.5 Å². The Morgan fingerprint density at radius 2 is 0.878 bits per heavy atom. The van der Waals surface area contributed by atoms with Gasteiger partial charge in [0.2, 0.25) is 0 Å². The summed E-state index contributed by atoms with van der Waals surface area (Å²) >= 11 is 0. The van der Waals surface area contributed by atoms with Crippen molar-refractivity contribution in [2.75, 3.05) is 0 Å². The van der Waals surface area contributed by atoms with Gasteiger partial charge in [0.1, 0.15) is 11.2 Å². The van der Waals surface area contributed by atoms with Gasteiger partial charge in [0.15, 0.2) is 0 Å². The molecule has 0 N–H and O–H groups in total. The summed E-state index contributed by atoms with van der Waals surface area (Å²) in [5, 5.41) is 1.98. The van der Waals surface area contributed by atoms with Gasteiger partial charge in [-0.3, -0.25) is 0 Å². The van der Waals surface area contributed by atoms with Crippen LogP contribution in [-0.2, 0) is 0 Å².